The second-order valence-electron chi connectivity index (χ2n) is 7.73. The minimum absolute atomic E-state index is 0.0344. The molecule has 0 fully saturated rings. The van der Waals surface area contributed by atoms with Gasteiger partial charge in [-0.05, 0) is 66.2 Å². The van der Waals surface area contributed by atoms with Crippen LogP contribution in [0.5, 0.6) is 5.75 Å². The van der Waals surface area contributed by atoms with Crippen molar-refractivity contribution in [3.05, 3.63) is 90.3 Å². The van der Waals surface area contributed by atoms with E-state index in [0.29, 0.717) is 16.5 Å². The van der Waals surface area contributed by atoms with E-state index in [0.717, 1.165) is 33.6 Å². The molecule has 0 radical (unpaired) electrons. The molecule has 0 aliphatic carbocycles. The SMILES string of the molecule is COc1ccc(Nc2ncnc3c2c(-c2ccc(Cl)cc2)cn3-c2ccc(S(N)(=O)=O)cc2)cc1. The average Bonchev–Trinajstić information content (AvgIpc) is 3.25. The largest absolute Gasteiger partial charge is 0.497 e. The standard InChI is InChI=1S/C25H20ClN5O3S/c1-34-20-10-6-18(7-11-20)30-24-23-22(16-2-4-17(26)5-3-16)14-31(25(23)29-15-28-24)19-8-12-21(13-9-19)35(27,32)33/h2-15H,1H3,(H2,27,32,33)(H,28,29,30). The Kier molecular flexibility index (Phi) is 5.89. The van der Waals surface area contributed by atoms with Crippen molar-refractivity contribution in [1.29, 1.82) is 0 Å². The molecule has 0 spiro atoms. The molecule has 0 atom stereocenters. The molecule has 5 aromatic rings. The highest BCUT2D eigenvalue weighted by molar-refractivity contribution is 7.89. The first kappa shape index (κ1) is 22.9. The first-order chi connectivity index (χ1) is 16.8. The van der Waals surface area contributed by atoms with Crippen LogP contribution >= 0.6 is 11.6 Å². The maximum absolute atomic E-state index is 11.7. The van der Waals surface area contributed by atoms with Gasteiger partial charge in [0.05, 0.1) is 17.4 Å². The fourth-order valence-corrected chi connectivity index (χ4v) is 4.45. The van der Waals surface area contributed by atoms with Gasteiger partial charge in [-0.1, -0.05) is 23.7 Å². The summed E-state index contributed by atoms with van der Waals surface area (Å²) < 4.78 is 30.5. The summed E-state index contributed by atoms with van der Waals surface area (Å²) in [7, 11) is -2.18. The number of ether oxygens (including phenoxy) is 1. The molecule has 0 unspecified atom stereocenters. The van der Waals surface area contributed by atoms with Crippen molar-refractivity contribution < 1.29 is 13.2 Å². The van der Waals surface area contributed by atoms with Gasteiger partial charge < -0.3 is 14.6 Å². The Morgan fingerprint density at radius 2 is 1.63 bits per heavy atom. The van der Waals surface area contributed by atoms with Gasteiger partial charge in [0, 0.05) is 28.2 Å². The van der Waals surface area contributed by atoms with Crippen molar-refractivity contribution in [2.75, 3.05) is 12.4 Å². The zero-order chi connectivity index (χ0) is 24.6. The molecule has 176 valence electrons. The van der Waals surface area contributed by atoms with E-state index in [-0.39, 0.29) is 4.90 Å². The molecule has 35 heavy (non-hydrogen) atoms. The summed E-state index contributed by atoms with van der Waals surface area (Å²) in [5.74, 6) is 1.37. The smallest absolute Gasteiger partial charge is 0.238 e. The van der Waals surface area contributed by atoms with E-state index in [9.17, 15) is 8.42 Å². The molecule has 2 heterocycles. The summed E-state index contributed by atoms with van der Waals surface area (Å²) in [4.78, 5) is 9.09. The number of aromatic nitrogens is 3. The highest BCUT2D eigenvalue weighted by atomic mass is 35.5. The van der Waals surface area contributed by atoms with E-state index in [1.165, 1.54) is 18.5 Å². The zero-order valence-electron chi connectivity index (χ0n) is 18.5. The number of anilines is 2. The number of halogens is 1. The van der Waals surface area contributed by atoms with Gasteiger partial charge in [-0.3, -0.25) is 0 Å². The van der Waals surface area contributed by atoms with E-state index >= 15 is 0 Å². The minimum Gasteiger partial charge on any atom is -0.497 e. The number of nitrogens with two attached hydrogens (primary N) is 1. The molecule has 8 nitrogen and oxygen atoms in total. The number of primary sulfonamides is 1. The van der Waals surface area contributed by atoms with Crippen molar-refractivity contribution in [3.63, 3.8) is 0 Å². The van der Waals surface area contributed by atoms with Crippen LogP contribution in [0.15, 0.2) is 90.2 Å². The molecular formula is C25H20ClN5O3S. The van der Waals surface area contributed by atoms with Gasteiger partial charge in [0.2, 0.25) is 10.0 Å². The second kappa shape index (κ2) is 9.03. The molecule has 0 amide bonds. The predicted octanol–water partition coefficient (Wildman–Crippen LogP) is 5.14. The number of fused-ring (bicyclic) bond motifs is 1. The van der Waals surface area contributed by atoms with E-state index in [4.69, 9.17) is 21.5 Å². The molecule has 10 heteroatoms. The first-order valence-corrected chi connectivity index (χ1v) is 12.4. The molecule has 0 saturated heterocycles. The summed E-state index contributed by atoms with van der Waals surface area (Å²) in [6.07, 6.45) is 3.42. The van der Waals surface area contributed by atoms with Gasteiger partial charge in [-0.25, -0.2) is 23.5 Å². The number of nitrogens with one attached hydrogen (secondary N) is 1. The van der Waals surface area contributed by atoms with Crippen LogP contribution in [-0.2, 0) is 10.0 Å². The van der Waals surface area contributed by atoms with Crippen LogP contribution < -0.4 is 15.2 Å². The third-order valence-electron chi connectivity index (χ3n) is 5.53. The predicted molar refractivity (Wildman–Crippen MR) is 137 cm³/mol. The van der Waals surface area contributed by atoms with Crippen molar-refractivity contribution in [2.45, 2.75) is 4.90 Å². The number of hydrogen-bond acceptors (Lipinski definition) is 6. The summed E-state index contributed by atoms with van der Waals surface area (Å²) in [5.41, 5.74) is 4.00. The monoisotopic (exact) mass is 505 g/mol. The van der Waals surface area contributed by atoms with Crippen LogP contribution in [0.1, 0.15) is 0 Å². The lowest BCUT2D eigenvalue weighted by Gasteiger charge is -2.10. The van der Waals surface area contributed by atoms with Crippen molar-refractivity contribution >= 4 is 44.2 Å². The summed E-state index contributed by atoms with van der Waals surface area (Å²) in [6.45, 7) is 0. The number of rotatable bonds is 6. The lowest BCUT2D eigenvalue weighted by molar-refractivity contribution is 0.415. The lowest BCUT2D eigenvalue weighted by atomic mass is 10.1. The van der Waals surface area contributed by atoms with Crippen LogP contribution in [0.25, 0.3) is 27.8 Å². The Morgan fingerprint density at radius 3 is 2.26 bits per heavy atom. The second-order valence-corrected chi connectivity index (χ2v) is 9.73. The maximum Gasteiger partial charge on any atom is 0.238 e. The van der Waals surface area contributed by atoms with Crippen LogP contribution in [0, 0.1) is 0 Å². The Bertz CT molecular complexity index is 1620. The Hall–Kier alpha value is -3.92. The number of benzene rings is 3. The molecule has 2 aromatic heterocycles. The number of nitrogens with zero attached hydrogens (tertiary/aromatic N) is 3. The van der Waals surface area contributed by atoms with Crippen molar-refractivity contribution in [1.82, 2.24) is 14.5 Å². The highest BCUT2D eigenvalue weighted by Crippen LogP contribution is 2.37. The summed E-state index contributed by atoms with van der Waals surface area (Å²) in [5, 5.41) is 10.1. The molecule has 0 bridgehead atoms. The average molecular weight is 506 g/mol. The molecule has 5 rings (SSSR count). The number of sulfonamides is 1. The lowest BCUT2D eigenvalue weighted by Crippen LogP contribution is -2.12. The number of methoxy groups -OCH3 is 1. The molecule has 0 saturated carbocycles. The van der Waals surface area contributed by atoms with E-state index < -0.39 is 10.0 Å². The van der Waals surface area contributed by atoms with Crippen LogP contribution in [0.2, 0.25) is 5.02 Å². The normalized spacial score (nSPS) is 11.5. The first-order valence-electron chi connectivity index (χ1n) is 10.5. The van der Waals surface area contributed by atoms with Gasteiger partial charge in [0.15, 0.2) is 5.65 Å². The topological polar surface area (TPSA) is 112 Å². The third kappa shape index (κ3) is 4.57. The zero-order valence-corrected chi connectivity index (χ0v) is 20.1. The Labute approximate surface area is 207 Å². The van der Waals surface area contributed by atoms with Gasteiger partial charge in [-0.2, -0.15) is 0 Å². The molecule has 0 aliphatic rings. The molecule has 3 N–H and O–H groups in total. The summed E-state index contributed by atoms with van der Waals surface area (Å²) >= 11 is 6.12. The van der Waals surface area contributed by atoms with E-state index in [1.807, 2.05) is 59.3 Å². The van der Waals surface area contributed by atoms with E-state index in [1.54, 1.807) is 19.2 Å². The molecule has 0 aliphatic heterocycles. The Morgan fingerprint density at radius 1 is 0.943 bits per heavy atom. The minimum atomic E-state index is -3.80. The van der Waals surface area contributed by atoms with Gasteiger partial charge in [0.1, 0.15) is 17.9 Å². The fourth-order valence-electron chi connectivity index (χ4n) is 3.81. The molecule has 3 aromatic carbocycles. The van der Waals surface area contributed by atoms with Crippen molar-refractivity contribution in [3.8, 4) is 22.6 Å². The van der Waals surface area contributed by atoms with Gasteiger partial charge in [0.25, 0.3) is 0 Å². The highest BCUT2D eigenvalue weighted by Gasteiger charge is 2.18. The maximum atomic E-state index is 11.7. The van der Waals surface area contributed by atoms with Crippen LogP contribution in [-0.4, -0.2) is 30.1 Å². The van der Waals surface area contributed by atoms with Gasteiger partial charge >= 0.3 is 0 Å². The third-order valence-corrected chi connectivity index (χ3v) is 6.72. The Balaban J connectivity index is 1.69. The van der Waals surface area contributed by atoms with E-state index in [2.05, 4.69) is 15.3 Å². The van der Waals surface area contributed by atoms with Crippen LogP contribution in [0.4, 0.5) is 11.5 Å². The molecular weight excluding hydrogens is 486 g/mol. The summed E-state index contributed by atoms with van der Waals surface area (Å²) in [6, 6.07) is 21.3. The fraction of sp³-hybridized carbons (Fsp3) is 0.0400. The quantitative estimate of drug-likeness (QED) is 0.330. The van der Waals surface area contributed by atoms with Crippen molar-refractivity contribution in [2.24, 2.45) is 5.14 Å². The number of hydrogen-bond donors (Lipinski definition) is 2. The van der Waals surface area contributed by atoms with Gasteiger partial charge in [-0.15, -0.1) is 0 Å². The van der Waals surface area contributed by atoms with Crippen LogP contribution in [0.3, 0.4) is 0 Å².